The van der Waals surface area contributed by atoms with Crippen molar-refractivity contribution >= 4 is 29.3 Å². The van der Waals surface area contributed by atoms with Crippen LogP contribution in [0.25, 0.3) is 0 Å². The molecular formula is C18H21BrNO5P. The average molecular weight is 442 g/mol. The molecule has 8 heteroatoms. The molecule has 1 saturated carbocycles. The first-order valence-corrected chi connectivity index (χ1v) is 11.2. The van der Waals surface area contributed by atoms with Gasteiger partial charge in [0.05, 0.1) is 30.6 Å². The summed E-state index contributed by atoms with van der Waals surface area (Å²) < 4.78 is 29.5. The van der Waals surface area contributed by atoms with E-state index < -0.39 is 7.60 Å². The van der Waals surface area contributed by atoms with Crippen LogP contribution in [0.1, 0.15) is 59.8 Å². The molecule has 0 atom stereocenters. The van der Waals surface area contributed by atoms with Crippen LogP contribution in [0.5, 0.6) is 0 Å². The molecule has 1 aliphatic rings. The summed E-state index contributed by atoms with van der Waals surface area (Å²) in [6.45, 7) is 4.05. The van der Waals surface area contributed by atoms with E-state index in [2.05, 4.69) is 21.1 Å². The third kappa shape index (κ3) is 4.17. The molecule has 3 rings (SSSR count). The van der Waals surface area contributed by atoms with E-state index in [1.165, 1.54) is 6.26 Å². The van der Waals surface area contributed by atoms with E-state index in [0.29, 0.717) is 32.8 Å². The normalized spacial score (nSPS) is 14.6. The molecule has 26 heavy (non-hydrogen) atoms. The Balaban J connectivity index is 1.98. The van der Waals surface area contributed by atoms with Gasteiger partial charge < -0.3 is 13.6 Å². The van der Waals surface area contributed by atoms with Crippen molar-refractivity contribution in [3.05, 3.63) is 51.3 Å². The van der Waals surface area contributed by atoms with Crippen LogP contribution in [0.3, 0.4) is 0 Å². The molecular weight excluding hydrogens is 421 g/mol. The molecule has 0 spiro atoms. The Hall–Kier alpha value is -1.27. The first kappa shape index (κ1) is 19.5. The van der Waals surface area contributed by atoms with Crippen LogP contribution < -0.4 is 0 Å². The molecule has 0 unspecified atom stereocenters. The van der Waals surface area contributed by atoms with E-state index in [-0.39, 0.29) is 25.2 Å². The molecule has 0 N–H and O–H groups in total. The number of ketones is 1. The van der Waals surface area contributed by atoms with Crippen molar-refractivity contribution in [1.82, 2.24) is 5.16 Å². The smallest absolute Gasteiger partial charge is 0.335 e. The minimum atomic E-state index is -3.35. The van der Waals surface area contributed by atoms with E-state index in [0.717, 1.165) is 12.8 Å². The molecule has 1 aliphatic carbocycles. The summed E-state index contributed by atoms with van der Waals surface area (Å²) in [6.07, 6.45) is 3.44. The fourth-order valence-corrected chi connectivity index (χ4v) is 5.35. The van der Waals surface area contributed by atoms with Gasteiger partial charge >= 0.3 is 7.60 Å². The zero-order chi connectivity index (χ0) is 18.7. The van der Waals surface area contributed by atoms with Gasteiger partial charge in [-0.2, -0.15) is 0 Å². The molecule has 2 aromatic rings. The maximum absolute atomic E-state index is 13.1. The molecule has 1 fully saturated rings. The Bertz CT molecular complexity index is 836. The van der Waals surface area contributed by atoms with Gasteiger partial charge in [0.15, 0.2) is 5.78 Å². The van der Waals surface area contributed by atoms with Gasteiger partial charge in [-0.1, -0.05) is 33.2 Å². The summed E-state index contributed by atoms with van der Waals surface area (Å²) in [4.78, 5) is 13.1. The van der Waals surface area contributed by atoms with Gasteiger partial charge in [0.2, 0.25) is 0 Å². The van der Waals surface area contributed by atoms with Crippen molar-refractivity contribution in [2.24, 2.45) is 0 Å². The van der Waals surface area contributed by atoms with Crippen LogP contribution in [-0.2, 0) is 19.8 Å². The van der Waals surface area contributed by atoms with Crippen molar-refractivity contribution in [2.75, 3.05) is 13.2 Å². The van der Waals surface area contributed by atoms with Gasteiger partial charge in [0.1, 0.15) is 6.26 Å². The van der Waals surface area contributed by atoms with Crippen LogP contribution in [0.2, 0.25) is 0 Å². The molecule has 0 aliphatic heterocycles. The fourth-order valence-electron chi connectivity index (χ4n) is 2.86. The number of rotatable bonds is 9. The molecule has 0 saturated heterocycles. The highest BCUT2D eigenvalue weighted by Crippen LogP contribution is 2.53. The third-order valence-corrected chi connectivity index (χ3v) is 6.92. The zero-order valence-electron chi connectivity index (χ0n) is 14.7. The monoisotopic (exact) mass is 441 g/mol. The van der Waals surface area contributed by atoms with E-state index >= 15 is 0 Å². The summed E-state index contributed by atoms with van der Waals surface area (Å²) in [5, 5.41) is 4.00. The molecule has 6 nitrogen and oxygen atoms in total. The number of benzene rings is 1. The number of hydrogen-bond acceptors (Lipinski definition) is 6. The van der Waals surface area contributed by atoms with Crippen molar-refractivity contribution in [3.8, 4) is 0 Å². The van der Waals surface area contributed by atoms with E-state index in [1.54, 1.807) is 26.0 Å². The third-order valence-electron chi connectivity index (χ3n) is 4.17. The summed E-state index contributed by atoms with van der Waals surface area (Å²) in [5.41, 5.74) is 2.23. The van der Waals surface area contributed by atoms with Crippen molar-refractivity contribution in [2.45, 2.75) is 38.8 Å². The highest BCUT2D eigenvalue weighted by atomic mass is 79.9. The molecule has 1 heterocycles. The second-order valence-electron chi connectivity index (χ2n) is 6.09. The van der Waals surface area contributed by atoms with Gasteiger partial charge in [-0.15, -0.1) is 0 Å². The largest absolute Gasteiger partial charge is 0.364 e. The highest BCUT2D eigenvalue weighted by molar-refractivity contribution is 9.10. The SMILES string of the molecule is CCOP(=O)(Cc1c(Br)cccc1C(=O)c1conc1C1CC1)OCC. The summed E-state index contributed by atoms with van der Waals surface area (Å²) in [6, 6.07) is 5.30. The Morgan fingerprint density at radius 1 is 1.27 bits per heavy atom. The van der Waals surface area contributed by atoms with E-state index in [9.17, 15) is 9.36 Å². The number of halogens is 1. The Labute approximate surface area is 160 Å². The second kappa shape index (κ2) is 8.17. The van der Waals surface area contributed by atoms with Crippen LogP contribution >= 0.6 is 23.5 Å². The molecule has 0 bridgehead atoms. The number of nitrogens with zero attached hydrogens (tertiary/aromatic N) is 1. The number of carbonyl (C=O) groups excluding carboxylic acids is 1. The van der Waals surface area contributed by atoms with Gasteiger partial charge in [0, 0.05) is 16.0 Å². The number of aromatic nitrogens is 1. The zero-order valence-corrected chi connectivity index (χ0v) is 17.2. The lowest BCUT2D eigenvalue weighted by atomic mass is 9.98. The standard InChI is InChI=1S/C18H21BrNO5P/c1-3-24-26(22,25-4-2)11-15-13(6-5-7-16(15)19)18(21)14-10-23-20-17(14)12-8-9-12/h5-7,10,12H,3-4,8-9,11H2,1-2H3. The molecule has 140 valence electrons. The summed E-state index contributed by atoms with van der Waals surface area (Å²) in [7, 11) is -3.35. The van der Waals surface area contributed by atoms with Crippen molar-refractivity contribution in [1.29, 1.82) is 0 Å². The van der Waals surface area contributed by atoms with Gasteiger partial charge in [-0.05, 0) is 38.3 Å². The quantitative estimate of drug-likeness (QED) is 0.387. The maximum Gasteiger partial charge on any atom is 0.335 e. The Morgan fingerprint density at radius 2 is 1.96 bits per heavy atom. The number of hydrogen-bond donors (Lipinski definition) is 0. The first-order valence-electron chi connectivity index (χ1n) is 8.63. The van der Waals surface area contributed by atoms with Crippen LogP contribution in [0.15, 0.2) is 33.5 Å². The van der Waals surface area contributed by atoms with Crippen LogP contribution in [-0.4, -0.2) is 24.2 Å². The molecule has 1 aromatic carbocycles. The predicted molar refractivity (Wildman–Crippen MR) is 101 cm³/mol. The lowest BCUT2D eigenvalue weighted by molar-refractivity contribution is 0.103. The van der Waals surface area contributed by atoms with Gasteiger partial charge in [-0.3, -0.25) is 9.36 Å². The average Bonchev–Trinajstić information content (AvgIpc) is 3.33. The first-order chi connectivity index (χ1) is 12.5. The lowest BCUT2D eigenvalue weighted by Gasteiger charge is -2.19. The lowest BCUT2D eigenvalue weighted by Crippen LogP contribution is -2.09. The van der Waals surface area contributed by atoms with Gasteiger partial charge in [0.25, 0.3) is 0 Å². The van der Waals surface area contributed by atoms with E-state index in [1.807, 2.05) is 6.07 Å². The second-order valence-corrected chi connectivity index (χ2v) is 9.00. The van der Waals surface area contributed by atoms with Crippen molar-refractivity contribution in [3.63, 3.8) is 0 Å². The molecule has 0 radical (unpaired) electrons. The van der Waals surface area contributed by atoms with Crippen LogP contribution in [0, 0.1) is 0 Å². The minimum Gasteiger partial charge on any atom is -0.364 e. The molecule has 0 amide bonds. The van der Waals surface area contributed by atoms with Gasteiger partial charge in [-0.25, -0.2) is 0 Å². The summed E-state index contributed by atoms with van der Waals surface area (Å²) >= 11 is 3.47. The number of carbonyl (C=O) groups is 1. The Morgan fingerprint density at radius 3 is 2.58 bits per heavy atom. The summed E-state index contributed by atoms with van der Waals surface area (Å²) in [5.74, 6) is 0.102. The predicted octanol–water partition coefficient (Wildman–Crippen LogP) is 5.31. The van der Waals surface area contributed by atoms with Crippen LogP contribution in [0.4, 0.5) is 0 Å². The van der Waals surface area contributed by atoms with E-state index in [4.69, 9.17) is 13.6 Å². The maximum atomic E-state index is 13.1. The topological polar surface area (TPSA) is 78.6 Å². The van der Waals surface area contributed by atoms with Crippen molar-refractivity contribution < 1.29 is 22.9 Å². The minimum absolute atomic E-state index is 0.0151. The highest BCUT2D eigenvalue weighted by Gasteiger charge is 2.34. The molecule has 1 aromatic heterocycles. The Kier molecular flexibility index (Phi) is 6.13. The fraction of sp³-hybridized carbons (Fsp3) is 0.444.